The number of rotatable bonds is 5. The molecule has 9 heteroatoms. The van der Waals surface area contributed by atoms with Gasteiger partial charge in [0, 0.05) is 6.54 Å². The number of hydrogen-bond acceptors (Lipinski definition) is 8. The number of aliphatic imine (C=N–C) groups is 1. The Morgan fingerprint density at radius 1 is 1.33 bits per heavy atom. The first-order valence-corrected chi connectivity index (χ1v) is 8.18. The Morgan fingerprint density at radius 2 is 2.08 bits per heavy atom. The van der Waals surface area contributed by atoms with Crippen molar-refractivity contribution in [3.05, 3.63) is 12.0 Å². The van der Waals surface area contributed by atoms with Crippen molar-refractivity contribution in [3.8, 4) is 0 Å². The quantitative estimate of drug-likeness (QED) is 0.567. The van der Waals surface area contributed by atoms with Crippen LogP contribution in [0, 0.1) is 5.92 Å². The van der Waals surface area contributed by atoms with Crippen LogP contribution in [0.2, 0.25) is 0 Å². The van der Waals surface area contributed by atoms with Crippen LogP contribution in [0.15, 0.2) is 11.3 Å². The maximum atomic E-state index is 10.2. The maximum Gasteiger partial charge on any atom is 0.165 e. The van der Waals surface area contributed by atoms with E-state index in [-0.39, 0.29) is 6.61 Å². The average molecular weight is 339 g/mol. The lowest BCUT2D eigenvalue weighted by atomic mass is 10.1. The van der Waals surface area contributed by atoms with Crippen LogP contribution in [0.5, 0.6) is 0 Å². The Bertz CT molecular complexity index is 605. The molecule has 0 bridgehead atoms. The number of nitrogens with zero attached hydrogens (tertiary/aromatic N) is 4. The highest BCUT2D eigenvalue weighted by Crippen LogP contribution is 2.36. The third-order valence-electron chi connectivity index (χ3n) is 4.52. The molecule has 3 heterocycles. The van der Waals surface area contributed by atoms with E-state index < -0.39 is 30.7 Å². The summed E-state index contributed by atoms with van der Waals surface area (Å²) in [6, 6.07) is 0. The lowest BCUT2D eigenvalue weighted by Gasteiger charge is -2.30. The molecule has 1 saturated heterocycles. The molecule has 0 aliphatic carbocycles. The molecule has 134 valence electrons. The molecule has 3 unspecified atom stereocenters. The van der Waals surface area contributed by atoms with E-state index in [4.69, 9.17) is 10.5 Å². The van der Waals surface area contributed by atoms with Crippen LogP contribution in [0.25, 0.3) is 0 Å². The van der Waals surface area contributed by atoms with Crippen molar-refractivity contribution >= 4 is 12.2 Å². The molecular weight excluding hydrogens is 314 g/mol. The van der Waals surface area contributed by atoms with E-state index in [0.29, 0.717) is 17.4 Å². The predicted octanol–water partition coefficient (Wildman–Crippen LogP) is -0.527. The fourth-order valence-corrected chi connectivity index (χ4v) is 2.97. The van der Waals surface area contributed by atoms with Crippen LogP contribution < -0.4 is 5.73 Å². The summed E-state index contributed by atoms with van der Waals surface area (Å²) in [5.41, 5.74) is 6.87. The summed E-state index contributed by atoms with van der Waals surface area (Å²) in [4.78, 5) is 10.6. The topological polar surface area (TPSA) is 129 Å². The summed E-state index contributed by atoms with van der Waals surface area (Å²) in [7, 11) is 0. The number of imidazole rings is 1. The molecule has 2 aliphatic heterocycles. The molecule has 3 rings (SSSR count). The third-order valence-corrected chi connectivity index (χ3v) is 4.52. The van der Waals surface area contributed by atoms with Crippen LogP contribution in [0.1, 0.15) is 38.4 Å². The van der Waals surface area contributed by atoms with Gasteiger partial charge in [0.05, 0.1) is 19.3 Å². The van der Waals surface area contributed by atoms with Crippen LogP contribution in [-0.2, 0) is 4.74 Å². The fraction of sp³-hybridized carbons (Fsp3) is 0.733. The van der Waals surface area contributed by atoms with Crippen molar-refractivity contribution in [3.63, 3.8) is 0 Å². The van der Waals surface area contributed by atoms with Gasteiger partial charge in [-0.15, -0.1) is 0 Å². The molecule has 1 aromatic rings. The lowest BCUT2D eigenvalue weighted by Crippen LogP contribution is -2.37. The fourth-order valence-electron chi connectivity index (χ4n) is 2.97. The predicted molar refractivity (Wildman–Crippen MR) is 86.5 cm³/mol. The first-order chi connectivity index (χ1) is 11.4. The molecule has 1 aromatic heterocycles. The average Bonchev–Trinajstić information content (AvgIpc) is 3.09. The minimum atomic E-state index is -1.18. The van der Waals surface area contributed by atoms with E-state index in [2.05, 4.69) is 23.8 Å². The monoisotopic (exact) mass is 339 g/mol. The first kappa shape index (κ1) is 17.3. The van der Waals surface area contributed by atoms with E-state index in [9.17, 15) is 15.3 Å². The van der Waals surface area contributed by atoms with Gasteiger partial charge in [-0.1, -0.05) is 13.8 Å². The van der Waals surface area contributed by atoms with Crippen molar-refractivity contribution in [2.75, 3.05) is 13.2 Å². The lowest BCUT2D eigenvalue weighted by molar-refractivity contribution is -0.0520. The molecular formula is C15H25N5O4. The Balaban J connectivity index is 1.81. The van der Waals surface area contributed by atoms with E-state index in [1.54, 1.807) is 10.9 Å². The summed E-state index contributed by atoms with van der Waals surface area (Å²) >= 11 is 0. The van der Waals surface area contributed by atoms with Gasteiger partial charge in [-0.3, -0.25) is 4.57 Å². The minimum Gasteiger partial charge on any atom is -0.394 e. The Labute approximate surface area is 140 Å². The number of aromatic nitrogens is 2. The van der Waals surface area contributed by atoms with Gasteiger partial charge in [0.25, 0.3) is 0 Å². The zero-order chi connectivity index (χ0) is 17.4. The number of fused-ring (bicyclic) bond motifs is 1. The van der Waals surface area contributed by atoms with Gasteiger partial charge in [-0.25, -0.2) is 9.98 Å². The normalized spacial score (nSPS) is 32.6. The molecule has 0 radical (unpaired) electrons. The van der Waals surface area contributed by atoms with E-state index in [0.717, 1.165) is 13.0 Å². The summed E-state index contributed by atoms with van der Waals surface area (Å²) in [6.45, 7) is 4.70. The summed E-state index contributed by atoms with van der Waals surface area (Å²) in [5.74, 6) is 1.06. The van der Waals surface area contributed by atoms with Crippen LogP contribution in [0.4, 0.5) is 5.82 Å². The number of aliphatic hydroxyl groups excluding tert-OH is 3. The maximum absolute atomic E-state index is 10.2. The van der Waals surface area contributed by atoms with Crippen molar-refractivity contribution in [1.29, 1.82) is 0 Å². The van der Waals surface area contributed by atoms with Crippen molar-refractivity contribution in [2.45, 2.75) is 51.0 Å². The molecule has 0 amide bonds. The number of ether oxygens (including phenoxy) is 1. The van der Waals surface area contributed by atoms with Gasteiger partial charge in [0.2, 0.25) is 0 Å². The minimum absolute atomic E-state index is 0.378. The Hall–Kier alpha value is -1.52. The van der Waals surface area contributed by atoms with Gasteiger partial charge < -0.3 is 30.7 Å². The number of nitrogens with two attached hydrogens (primary N) is 1. The summed E-state index contributed by atoms with van der Waals surface area (Å²) in [5, 5.41) is 29.3. The molecule has 5 N–H and O–H groups in total. The SMILES string of the molecule is CC(C)CCN1C=Nc2c(ncn2[C@@H]2O[C@H](CO)C(O)C2O)C1N. The van der Waals surface area contributed by atoms with Gasteiger partial charge in [-0.2, -0.15) is 0 Å². The second kappa shape index (κ2) is 6.77. The van der Waals surface area contributed by atoms with Crippen molar-refractivity contribution < 1.29 is 20.1 Å². The van der Waals surface area contributed by atoms with Gasteiger partial charge in [0.15, 0.2) is 12.0 Å². The summed E-state index contributed by atoms with van der Waals surface area (Å²) in [6.07, 6.45) is -0.303. The smallest absolute Gasteiger partial charge is 0.165 e. The molecule has 2 aliphatic rings. The second-order valence-corrected chi connectivity index (χ2v) is 6.70. The second-order valence-electron chi connectivity index (χ2n) is 6.70. The highest BCUT2D eigenvalue weighted by molar-refractivity contribution is 5.65. The molecule has 5 atom stereocenters. The van der Waals surface area contributed by atoms with Crippen LogP contribution in [0.3, 0.4) is 0 Å². The van der Waals surface area contributed by atoms with Gasteiger partial charge >= 0.3 is 0 Å². The van der Waals surface area contributed by atoms with E-state index in [1.165, 1.54) is 6.33 Å². The number of hydrogen-bond donors (Lipinski definition) is 4. The largest absolute Gasteiger partial charge is 0.394 e. The number of aliphatic hydroxyl groups is 3. The Kier molecular flexibility index (Phi) is 4.88. The molecule has 1 fully saturated rings. The Morgan fingerprint density at radius 3 is 2.71 bits per heavy atom. The standard InChI is InChI=1S/C15H25N5O4/c1-8(2)3-4-19-6-18-14-10(13(19)16)17-7-20(14)15-12(23)11(22)9(5-21)24-15/h6-9,11-13,15,21-23H,3-5,16H2,1-2H3/t9-,11?,12?,13?,15-/m1/s1. The van der Waals surface area contributed by atoms with E-state index >= 15 is 0 Å². The highest BCUT2D eigenvalue weighted by atomic mass is 16.6. The molecule has 9 nitrogen and oxygen atoms in total. The summed E-state index contributed by atoms with van der Waals surface area (Å²) < 4.78 is 7.08. The zero-order valence-electron chi connectivity index (χ0n) is 13.9. The highest BCUT2D eigenvalue weighted by Gasteiger charge is 2.44. The van der Waals surface area contributed by atoms with Gasteiger partial charge in [0.1, 0.15) is 30.2 Å². The van der Waals surface area contributed by atoms with E-state index in [1.807, 2.05) is 4.90 Å². The molecule has 0 spiro atoms. The molecule has 0 aromatic carbocycles. The third kappa shape index (κ3) is 2.93. The molecule has 24 heavy (non-hydrogen) atoms. The first-order valence-electron chi connectivity index (χ1n) is 8.18. The van der Waals surface area contributed by atoms with Crippen molar-refractivity contribution in [1.82, 2.24) is 14.5 Å². The van der Waals surface area contributed by atoms with Gasteiger partial charge in [-0.05, 0) is 12.3 Å². The zero-order valence-corrected chi connectivity index (χ0v) is 13.9. The van der Waals surface area contributed by atoms with Crippen LogP contribution >= 0.6 is 0 Å². The van der Waals surface area contributed by atoms with Crippen molar-refractivity contribution in [2.24, 2.45) is 16.6 Å². The van der Waals surface area contributed by atoms with Crippen LogP contribution in [-0.4, -0.2) is 67.6 Å². The molecule has 0 saturated carbocycles.